The highest BCUT2D eigenvalue weighted by Crippen LogP contribution is 2.35. The number of rotatable bonds is 2. The van der Waals surface area contributed by atoms with Crippen molar-refractivity contribution in [2.45, 2.75) is 13.0 Å². The first-order chi connectivity index (χ1) is 7.50. The van der Waals surface area contributed by atoms with E-state index in [0.29, 0.717) is 10.6 Å². The molecule has 2 rings (SSSR count). The molecule has 0 amide bonds. The number of carboxylic acid groups (broad SMARTS) is 1. The third-order valence-corrected chi connectivity index (χ3v) is 3.77. The van der Waals surface area contributed by atoms with Gasteiger partial charge in [0.25, 0.3) is 0 Å². The van der Waals surface area contributed by atoms with Crippen molar-refractivity contribution in [3.05, 3.63) is 33.7 Å². The molecule has 0 saturated carbocycles. The van der Waals surface area contributed by atoms with Crippen molar-refractivity contribution < 1.29 is 9.90 Å². The van der Waals surface area contributed by atoms with E-state index in [-0.39, 0.29) is 0 Å². The van der Waals surface area contributed by atoms with E-state index in [2.05, 4.69) is 0 Å². The molecule has 1 atom stereocenters. The third-order valence-electron chi connectivity index (χ3n) is 2.45. The van der Waals surface area contributed by atoms with Crippen LogP contribution in [0, 0.1) is 6.92 Å². The number of aliphatic carboxylic acids is 1. The summed E-state index contributed by atoms with van der Waals surface area (Å²) in [6.07, 6.45) is 0. The first-order valence-corrected chi connectivity index (χ1v) is 5.87. The number of fused-ring (bicyclic) bond motifs is 1. The molecule has 1 aromatic heterocycles. The highest BCUT2D eigenvalue weighted by atomic mass is 35.5. The molecule has 0 aliphatic heterocycles. The Balaban J connectivity index is 2.69. The number of carboxylic acids is 1. The molecule has 1 aromatic carbocycles. The summed E-state index contributed by atoms with van der Waals surface area (Å²) in [4.78, 5) is 11.8. The van der Waals surface area contributed by atoms with Gasteiger partial charge in [0.15, 0.2) is 0 Å². The molecule has 2 aromatic rings. The molecule has 0 radical (unpaired) electrons. The minimum Gasteiger partial charge on any atom is -0.480 e. The summed E-state index contributed by atoms with van der Waals surface area (Å²) < 4.78 is 0.969. The van der Waals surface area contributed by atoms with Crippen LogP contribution in [0.2, 0.25) is 5.02 Å². The second-order valence-electron chi connectivity index (χ2n) is 3.53. The number of aryl methyl sites for hydroxylation is 1. The van der Waals surface area contributed by atoms with Crippen LogP contribution in [0.3, 0.4) is 0 Å². The molecule has 3 N–H and O–H groups in total. The second-order valence-corrected chi connectivity index (χ2v) is 5.22. The van der Waals surface area contributed by atoms with Gasteiger partial charge in [0.2, 0.25) is 0 Å². The second kappa shape index (κ2) is 4.05. The Kier molecular flexibility index (Phi) is 2.88. The molecular formula is C11H10ClNO2S. The number of halogens is 1. The molecule has 84 valence electrons. The van der Waals surface area contributed by atoms with Gasteiger partial charge in [-0.25, -0.2) is 0 Å². The van der Waals surface area contributed by atoms with Crippen molar-refractivity contribution in [1.29, 1.82) is 0 Å². The zero-order valence-corrected chi connectivity index (χ0v) is 10.1. The lowest BCUT2D eigenvalue weighted by Crippen LogP contribution is -2.20. The van der Waals surface area contributed by atoms with Gasteiger partial charge in [-0.3, -0.25) is 4.79 Å². The van der Waals surface area contributed by atoms with Gasteiger partial charge in [0.05, 0.1) is 0 Å². The summed E-state index contributed by atoms with van der Waals surface area (Å²) in [6.45, 7) is 1.87. The number of hydrogen-bond donors (Lipinski definition) is 2. The Morgan fingerprint density at radius 2 is 2.25 bits per heavy atom. The van der Waals surface area contributed by atoms with Crippen molar-refractivity contribution in [3.8, 4) is 0 Å². The number of nitrogens with two attached hydrogens (primary N) is 1. The molecule has 3 nitrogen and oxygen atoms in total. The number of benzene rings is 1. The maximum atomic E-state index is 10.9. The zero-order chi connectivity index (χ0) is 11.9. The van der Waals surface area contributed by atoms with Crippen molar-refractivity contribution in [3.63, 3.8) is 0 Å². The number of hydrogen-bond acceptors (Lipinski definition) is 3. The van der Waals surface area contributed by atoms with Crippen LogP contribution in [-0.2, 0) is 4.79 Å². The Labute approximate surface area is 101 Å². The molecule has 0 aliphatic carbocycles. The monoisotopic (exact) mass is 255 g/mol. The van der Waals surface area contributed by atoms with Crippen LogP contribution >= 0.6 is 22.9 Å². The van der Waals surface area contributed by atoms with Gasteiger partial charge >= 0.3 is 5.97 Å². The smallest absolute Gasteiger partial charge is 0.325 e. The molecular weight excluding hydrogens is 246 g/mol. The van der Waals surface area contributed by atoms with Gasteiger partial charge in [0.1, 0.15) is 6.04 Å². The van der Waals surface area contributed by atoms with Crippen molar-refractivity contribution in [2.24, 2.45) is 5.73 Å². The van der Waals surface area contributed by atoms with Crippen LogP contribution in [0.1, 0.15) is 16.5 Å². The van der Waals surface area contributed by atoms with Crippen molar-refractivity contribution >= 4 is 39.0 Å². The molecule has 16 heavy (non-hydrogen) atoms. The van der Waals surface area contributed by atoms with Crippen molar-refractivity contribution in [1.82, 2.24) is 0 Å². The summed E-state index contributed by atoms with van der Waals surface area (Å²) in [5.41, 5.74) is 6.35. The largest absolute Gasteiger partial charge is 0.480 e. The van der Waals surface area contributed by atoms with Gasteiger partial charge in [0, 0.05) is 20.2 Å². The average molecular weight is 256 g/mol. The van der Waals surface area contributed by atoms with Gasteiger partial charge < -0.3 is 10.8 Å². The van der Waals surface area contributed by atoms with Crippen LogP contribution in [0.5, 0.6) is 0 Å². The lowest BCUT2D eigenvalue weighted by molar-refractivity contribution is -0.138. The predicted molar refractivity (Wildman–Crippen MR) is 66.1 cm³/mol. The molecule has 0 fully saturated rings. The third kappa shape index (κ3) is 1.80. The highest BCUT2D eigenvalue weighted by molar-refractivity contribution is 7.19. The van der Waals surface area contributed by atoms with Gasteiger partial charge in [-0.1, -0.05) is 17.7 Å². The maximum absolute atomic E-state index is 10.9. The Morgan fingerprint density at radius 1 is 1.56 bits per heavy atom. The fraction of sp³-hybridized carbons (Fsp3) is 0.182. The summed E-state index contributed by atoms with van der Waals surface area (Å²) >= 11 is 7.39. The van der Waals surface area contributed by atoms with E-state index in [9.17, 15) is 4.79 Å². The Bertz CT molecular complexity index is 564. The average Bonchev–Trinajstić information content (AvgIpc) is 2.51. The molecule has 0 bridgehead atoms. The Hall–Kier alpha value is -1.10. The van der Waals surface area contributed by atoms with Crippen LogP contribution < -0.4 is 5.73 Å². The quantitative estimate of drug-likeness (QED) is 0.867. The topological polar surface area (TPSA) is 63.3 Å². The lowest BCUT2D eigenvalue weighted by atomic mass is 10.0. The van der Waals surface area contributed by atoms with E-state index in [0.717, 1.165) is 15.0 Å². The van der Waals surface area contributed by atoms with Crippen molar-refractivity contribution in [2.75, 3.05) is 0 Å². The molecule has 5 heteroatoms. The van der Waals surface area contributed by atoms with E-state index in [1.807, 2.05) is 19.1 Å². The summed E-state index contributed by atoms with van der Waals surface area (Å²) in [5, 5.41) is 10.5. The SMILES string of the molecule is Cc1sc2cc(Cl)ccc2c1C(N)C(=O)O. The summed E-state index contributed by atoms with van der Waals surface area (Å²) in [7, 11) is 0. The number of carbonyl (C=O) groups is 1. The lowest BCUT2D eigenvalue weighted by Gasteiger charge is -2.06. The maximum Gasteiger partial charge on any atom is 0.325 e. The number of thiophene rings is 1. The Morgan fingerprint density at radius 3 is 2.88 bits per heavy atom. The first kappa shape index (κ1) is 11.4. The predicted octanol–water partition coefficient (Wildman–Crippen LogP) is 2.95. The summed E-state index contributed by atoms with van der Waals surface area (Å²) in [5.74, 6) is -1.02. The van der Waals surface area contributed by atoms with E-state index < -0.39 is 12.0 Å². The van der Waals surface area contributed by atoms with Crippen LogP contribution in [-0.4, -0.2) is 11.1 Å². The van der Waals surface area contributed by atoms with Gasteiger partial charge in [-0.05, 0) is 24.4 Å². The molecule has 1 heterocycles. The van der Waals surface area contributed by atoms with Crippen LogP contribution in [0.15, 0.2) is 18.2 Å². The first-order valence-electron chi connectivity index (χ1n) is 4.67. The highest BCUT2D eigenvalue weighted by Gasteiger charge is 2.21. The fourth-order valence-electron chi connectivity index (χ4n) is 1.72. The standard InChI is InChI=1S/C11H10ClNO2S/c1-5-9(10(13)11(14)15)7-3-2-6(12)4-8(7)16-5/h2-4,10H,13H2,1H3,(H,14,15). The van der Waals surface area contributed by atoms with E-state index in [1.54, 1.807) is 6.07 Å². The van der Waals surface area contributed by atoms with Gasteiger partial charge in [-0.15, -0.1) is 11.3 Å². The summed E-state index contributed by atoms with van der Waals surface area (Å²) in [6, 6.07) is 4.41. The van der Waals surface area contributed by atoms with E-state index >= 15 is 0 Å². The van der Waals surface area contributed by atoms with E-state index in [4.69, 9.17) is 22.4 Å². The molecule has 0 spiro atoms. The van der Waals surface area contributed by atoms with Gasteiger partial charge in [-0.2, -0.15) is 0 Å². The molecule has 1 unspecified atom stereocenters. The normalized spacial score (nSPS) is 12.9. The van der Waals surface area contributed by atoms with E-state index in [1.165, 1.54) is 11.3 Å². The van der Waals surface area contributed by atoms with Crippen LogP contribution in [0.25, 0.3) is 10.1 Å². The molecule has 0 saturated heterocycles. The minimum absolute atomic E-state index is 0.643. The molecule has 0 aliphatic rings. The van der Waals surface area contributed by atoms with Crippen LogP contribution in [0.4, 0.5) is 0 Å². The fourth-order valence-corrected chi connectivity index (χ4v) is 3.11. The minimum atomic E-state index is -1.02. The zero-order valence-electron chi connectivity index (χ0n) is 8.53.